The van der Waals surface area contributed by atoms with E-state index in [9.17, 15) is 14.4 Å². The molecule has 0 radical (unpaired) electrons. The summed E-state index contributed by atoms with van der Waals surface area (Å²) in [5.74, 6) is -2.04. The van der Waals surface area contributed by atoms with Crippen LogP contribution < -0.4 is 5.43 Å². The highest BCUT2D eigenvalue weighted by Gasteiger charge is 2.45. The molecule has 162 valence electrons. The van der Waals surface area contributed by atoms with Crippen molar-refractivity contribution in [3.05, 3.63) is 57.6 Å². The van der Waals surface area contributed by atoms with Crippen molar-refractivity contribution in [1.29, 1.82) is 0 Å². The Balaban J connectivity index is 1.82. The van der Waals surface area contributed by atoms with Crippen molar-refractivity contribution in [2.24, 2.45) is 10.9 Å². The van der Waals surface area contributed by atoms with Crippen molar-refractivity contribution in [3.8, 4) is 0 Å². The lowest BCUT2D eigenvalue weighted by Gasteiger charge is -2.35. The molecule has 1 saturated carbocycles. The molecule has 31 heavy (non-hydrogen) atoms. The normalized spacial score (nSPS) is 21.1. The largest absolute Gasteiger partial charge is 0.464 e. The van der Waals surface area contributed by atoms with Gasteiger partial charge >= 0.3 is 5.97 Å². The molecule has 0 spiro atoms. The van der Waals surface area contributed by atoms with Gasteiger partial charge in [-0.1, -0.05) is 12.1 Å². The number of rotatable bonds is 6. The standard InChI is InChI=1S/C24H25NO6/c1-3-29-11-12-30-24(28)20-14(2)25-17-8-6-9-18(26)22(17)21(20)16-13-31-19-10-5-4-7-15(19)23(16)27/h4-5,7,10,13,21-22H,3,6,8-9,11-12H2,1-2H3. The highest BCUT2D eigenvalue weighted by Crippen LogP contribution is 2.42. The number of aliphatic imine (C=N–C) groups is 1. The van der Waals surface area contributed by atoms with Gasteiger partial charge in [0.25, 0.3) is 0 Å². The first kappa shape index (κ1) is 21.2. The van der Waals surface area contributed by atoms with E-state index in [1.807, 2.05) is 6.92 Å². The minimum Gasteiger partial charge on any atom is -0.464 e. The van der Waals surface area contributed by atoms with Crippen molar-refractivity contribution in [2.75, 3.05) is 19.8 Å². The summed E-state index contributed by atoms with van der Waals surface area (Å²) >= 11 is 0. The monoisotopic (exact) mass is 423 g/mol. The van der Waals surface area contributed by atoms with Crippen molar-refractivity contribution in [1.82, 2.24) is 0 Å². The molecule has 2 heterocycles. The lowest BCUT2D eigenvalue weighted by molar-refractivity contribution is -0.141. The van der Waals surface area contributed by atoms with Crippen LogP contribution in [0.4, 0.5) is 0 Å². The van der Waals surface area contributed by atoms with Gasteiger partial charge in [-0.25, -0.2) is 4.79 Å². The SMILES string of the molecule is CCOCCOC(=O)C1=C(C)N=C2CCCC(=O)C2C1c1coc2ccccc2c1=O. The van der Waals surface area contributed by atoms with Gasteiger partial charge in [0.15, 0.2) is 5.43 Å². The van der Waals surface area contributed by atoms with Crippen LogP contribution in [0.2, 0.25) is 0 Å². The number of Topliss-reactive ketones (excluding diaryl/α,β-unsaturated/α-hetero) is 1. The third-order valence-electron chi connectivity index (χ3n) is 5.83. The summed E-state index contributed by atoms with van der Waals surface area (Å²) < 4.78 is 16.4. The Bertz CT molecular complexity index is 1140. The molecule has 1 fully saturated rings. The fourth-order valence-electron chi connectivity index (χ4n) is 4.44. The van der Waals surface area contributed by atoms with Gasteiger partial charge in [-0.15, -0.1) is 0 Å². The second kappa shape index (κ2) is 8.98. The summed E-state index contributed by atoms with van der Waals surface area (Å²) in [4.78, 5) is 44.0. The molecular formula is C24H25NO6. The molecule has 2 aromatic rings. The zero-order valence-corrected chi connectivity index (χ0v) is 17.7. The van der Waals surface area contributed by atoms with Gasteiger partial charge in [0.2, 0.25) is 0 Å². The zero-order chi connectivity index (χ0) is 22.0. The van der Waals surface area contributed by atoms with Crippen LogP contribution in [0.5, 0.6) is 0 Å². The van der Waals surface area contributed by atoms with E-state index in [0.29, 0.717) is 42.5 Å². The average Bonchev–Trinajstić information content (AvgIpc) is 2.76. The van der Waals surface area contributed by atoms with E-state index in [4.69, 9.17) is 13.9 Å². The van der Waals surface area contributed by atoms with Gasteiger partial charge in [-0.3, -0.25) is 14.6 Å². The van der Waals surface area contributed by atoms with Crippen molar-refractivity contribution >= 4 is 28.4 Å². The highest BCUT2D eigenvalue weighted by atomic mass is 16.6. The molecule has 4 rings (SSSR count). The summed E-state index contributed by atoms with van der Waals surface area (Å²) in [7, 11) is 0. The van der Waals surface area contributed by atoms with Gasteiger partial charge in [-0.2, -0.15) is 0 Å². The fourth-order valence-corrected chi connectivity index (χ4v) is 4.44. The molecule has 2 aliphatic rings. The van der Waals surface area contributed by atoms with Crippen molar-refractivity contribution < 1.29 is 23.5 Å². The maximum Gasteiger partial charge on any atom is 0.336 e. The van der Waals surface area contributed by atoms with Crippen molar-refractivity contribution in [3.63, 3.8) is 0 Å². The van der Waals surface area contributed by atoms with E-state index in [-0.39, 0.29) is 35.6 Å². The number of benzene rings is 1. The minimum atomic E-state index is -0.777. The molecule has 2 atom stereocenters. The Labute approximate surface area is 179 Å². The summed E-state index contributed by atoms with van der Waals surface area (Å²) in [5, 5.41) is 0.411. The second-order valence-electron chi connectivity index (χ2n) is 7.73. The van der Waals surface area contributed by atoms with Gasteiger partial charge in [0, 0.05) is 35.9 Å². The van der Waals surface area contributed by atoms with E-state index in [2.05, 4.69) is 4.99 Å². The zero-order valence-electron chi connectivity index (χ0n) is 17.7. The summed E-state index contributed by atoms with van der Waals surface area (Å²) in [5.41, 5.74) is 1.92. The molecule has 1 aromatic heterocycles. The Morgan fingerprint density at radius 2 is 1.97 bits per heavy atom. The lowest BCUT2D eigenvalue weighted by Crippen LogP contribution is -2.40. The van der Waals surface area contributed by atoms with E-state index < -0.39 is 17.8 Å². The quantitative estimate of drug-likeness (QED) is 0.521. The Kier molecular flexibility index (Phi) is 6.13. The number of hydrogen-bond acceptors (Lipinski definition) is 7. The first-order valence-corrected chi connectivity index (χ1v) is 10.6. The van der Waals surface area contributed by atoms with Crippen LogP contribution in [0.15, 0.2) is 56.0 Å². The van der Waals surface area contributed by atoms with E-state index in [1.165, 1.54) is 6.26 Å². The number of allylic oxidation sites excluding steroid dienone is 1. The maximum absolute atomic E-state index is 13.4. The smallest absolute Gasteiger partial charge is 0.336 e. The molecule has 7 heteroatoms. The van der Waals surface area contributed by atoms with Crippen LogP contribution in [-0.2, 0) is 19.1 Å². The van der Waals surface area contributed by atoms with E-state index in [1.54, 1.807) is 31.2 Å². The number of para-hydroxylation sites is 1. The summed E-state index contributed by atoms with van der Waals surface area (Å²) in [6.45, 7) is 4.45. The molecule has 1 aromatic carbocycles. The van der Waals surface area contributed by atoms with Crippen LogP contribution in [-0.4, -0.2) is 37.3 Å². The van der Waals surface area contributed by atoms with Crippen LogP contribution >= 0.6 is 0 Å². The van der Waals surface area contributed by atoms with Crippen molar-refractivity contribution in [2.45, 2.75) is 39.0 Å². The number of fused-ring (bicyclic) bond motifs is 2. The first-order valence-electron chi connectivity index (χ1n) is 10.6. The Hall–Kier alpha value is -3.06. The lowest BCUT2D eigenvalue weighted by atomic mass is 9.69. The molecule has 7 nitrogen and oxygen atoms in total. The molecule has 1 aliphatic heterocycles. The van der Waals surface area contributed by atoms with E-state index >= 15 is 0 Å². The number of ketones is 1. The first-order chi connectivity index (χ1) is 15.0. The van der Waals surface area contributed by atoms with Crippen LogP contribution in [0, 0.1) is 5.92 Å². The molecule has 0 N–H and O–H groups in total. The molecule has 0 saturated heterocycles. The van der Waals surface area contributed by atoms with Gasteiger partial charge in [0.1, 0.15) is 18.0 Å². The van der Waals surface area contributed by atoms with E-state index in [0.717, 1.165) is 5.71 Å². The van der Waals surface area contributed by atoms with Crippen LogP contribution in [0.1, 0.15) is 44.6 Å². The number of nitrogens with zero attached hydrogens (tertiary/aromatic N) is 1. The molecule has 2 unspecified atom stereocenters. The van der Waals surface area contributed by atoms with Gasteiger partial charge in [-0.05, 0) is 38.8 Å². The number of ether oxygens (including phenoxy) is 2. The summed E-state index contributed by atoms with van der Waals surface area (Å²) in [6, 6.07) is 6.94. The third kappa shape index (κ3) is 3.97. The molecule has 0 bridgehead atoms. The van der Waals surface area contributed by atoms with Crippen LogP contribution in [0.25, 0.3) is 11.0 Å². The number of carbonyl (C=O) groups excluding carboxylic acids is 2. The molecule has 1 aliphatic carbocycles. The van der Waals surface area contributed by atoms with Crippen LogP contribution in [0.3, 0.4) is 0 Å². The molecular weight excluding hydrogens is 398 g/mol. The summed E-state index contributed by atoms with van der Waals surface area (Å²) in [6.07, 6.45) is 3.15. The fraction of sp³-hybridized carbons (Fsp3) is 0.417. The van der Waals surface area contributed by atoms with Gasteiger partial charge < -0.3 is 13.9 Å². The van der Waals surface area contributed by atoms with Gasteiger partial charge in [0.05, 0.1) is 29.7 Å². The number of hydrogen-bond donors (Lipinski definition) is 0. The Morgan fingerprint density at radius 3 is 2.77 bits per heavy atom. The third-order valence-corrected chi connectivity index (χ3v) is 5.83. The number of carbonyl (C=O) groups is 2. The predicted octanol–water partition coefficient (Wildman–Crippen LogP) is 3.55. The topological polar surface area (TPSA) is 95.2 Å². The Morgan fingerprint density at radius 1 is 1.16 bits per heavy atom. The highest BCUT2D eigenvalue weighted by molar-refractivity contribution is 6.11. The molecule has 0 amide bonds. The maximum atomic E-state index is 13.4. The predicted molar refractivity (Wildman–Crippen MR) is 115 cm³/mol. The number of esters is 1. The average molecular weight is 423 g/mol. The second-order valence-corrected chi connectivity index (χ2v) is 7.73. The minimum absolute atomic E-state index is 0.0188.